The van der Waals surface area contributed by atoms with Crippen LogP contribution < -0.4 is 0 Å². The molecule has 0 bridgehead atoms. The van der Waals surface area contributed by atoms with E-state index in [0.717, 1.165) is 33.0 Å². The summed E-state index contributed by atoms with van der Waals surface area (Å²) in [6.45, 7) is 0. The van der Waals surface area contributed by atoms with E-state index in [4.69, 9.17) is 0 Å². The third kappa shape index (κ3) is 3.69. The molecule has 0 aliphatic heterocycles. The van der Waals surface area contributed by atoms with Gasteiger partial charge in [0, 0.05) is 22.3 Å². The van der Waals surface area contributed by atoms with Crippen LogP contribution in [-0.4, -0.2) is 0 Å². The smallest absolute Gasteiger partial charge is 0.0328 e. The second-order valence-corrected chi connectivity index (χ2v) is 8.26. The Balaban J connectivity index is 1.44. The molecule has 6 aromatic rings. The van der Waals surface area contributed by atoms with E-state index < -0.39 is 0 Å². The lowest BCUT2D eigenvalue weighted by molar-refractivity contribution is 1.65. The number of benzene rings is 6. The largest absolute Gasteiger partial charge is 0.0616 e. The van der Waals surface area contributed by atoms with Gasteiger partial charge in [-0.05, 0) is 56.6 Å². The van der Waals surface area contributed by atoms with Gasteiger partial charge in [-0.1, -0.05) is 121 Å². The van der Waals surface area contributed by atoms with E-state index in [1.807, 2.05) is 0 Å². The highest BCUT2D eigenvalue weighted by atomic mass is 14.1. The first-order valence-corrected chi connectivity index (χ1v) is 11.4. The van der Waals surface area contributed by atoms with Crippen LogP contribution in [-0.2, 0) is 0 Å². The maximum Gasteiger partial charge on any atom is 0.0328 e. The van der Waals surface area contributed by atoms with Crippen molar-refractivity contribution >= 4 is 32.3 Å². The summed E-state index contributed by atoms with van der Waals surface area (Å²) in [5, 5.41) is 7.02. The van der Waals surface area contributed by atoms with Crippen molar-refractivity contribution in [1.29, 1.82) is 0 Å². The van der Waals surface area contributed by atoms with Crippen molar-refractivity contribution in [2.45, 2.75) is 0 Å². The summed E-state index contributed by atoms with van der Waals surface area (Å²) in [6.07, 6.45) is 0. The van der Waals surface area contributed by atoms with Gasteiger partial charge in [-0.15, -0.1) is 0 Å². The fourth-order valence-corrected chi connectivity index (χ4v) is 4.46. The highest BCUT2D eigenvalue weighted by molar-refractivity contribution is 5.94. The SMILES string of the molecule is C(#Cc1ccc(C#Cc2cccc3ccccc23)c2ccccc12)c1cccc2ccccc12. The summed E-state index contributed by atoms with van der Waals surface area (Å²) < 4.78 is 0. The fourth-order valence-electron chi connectivity index (χ4n) is 4.46. The summed E-state index contributed by atoms with van der Waals surface area (Å²) in [4.78, 5) is 0. The van der Waals surface area contributed by atoms with Gasteiger partial charge >= 0.3 is 0 Å². The first-order valence-electron chi connectivity index (χ1n) is 11.4. The lowest BCUT2D eigenvalue weighted by Gasteiger charge is -2.04. The van der Waals surface area contributed by atoms with Gasteiger partial charge in [-0.25, -0.2) is 0 Å². The van der Waals surface area contributed by atoms with Gasteiger partial charge in [-0.2, -0.15) is 0 Å². The maximum absolute atomic E-state index is 3.42. The Labute approximate surface area is 199 Å². The second kappa shape index (κ2) is 8.63. The van der Waals surface area contributed by atoms with E-state index in [1.165, 1.54) is 21.5 Å². The molecule has 0 heteroatoms. The van der Waals surface area contributed by atoms with Crippen LogP contribution in [0.2, 0.25) is 0 Å². The van der Waals surface area contributed by atoms with Crippen molar-refractivity contribution in [3.8, 4) is 23.7 Å². The Hall–Kier alpha value is -4.78. The van der Waals surface area contributed by atoms with Crippen LogP contribution in [0.1, 0.15) is 22.3 Å². The minimum Gasteiger partial charge on any atom is -0.0616 e. The summed E-state index contributed by atoms with van der Waals surface area (Å²) in [6, 6.07) is 41.9. The zero-order valence-corrected chi connectivity index (χ0v) is 18.5. The molecule has 0 aliphatic carbocycles. The first-order chi connectivity index (χ1) is 16.9. The Bertz CT molecular complexity index is 1670. The van der Waals surface area contributed by atoms with Gasteiger partial charge in [0.15, 0.2) is 0 Å². The average Bonchev–Trinajstić information content (AvgIpc) is 2.91. The molecule has 0 unspecified atom stereocenters. The Morgan fingerprint density at radius 1 is 0.265 bits per heavy atom. The van der Waals surface area contributed by atoms with Crippen LogP contribution in [0.5, 0.6) is 0 Å². The van der Waals surface area contributed by atoms with Gasteiger partial charge in [0.1, 0.15) is 0 Å². The molecular weight excluding hydrogens is 408 g/mol. The molecule has 0 heterocycles. The van der Waals surface area contributed by atoms with Gasteiger partial charge < -0.3 is 0 Å². The minimum atomic E-state index is 1.01. The molecule has 0 amide bonds. The third-order valence-electron chi connectivity index (χ3n) is 6.17. The van der Waals surface area contributed by atoms with E-state index in [-0.39, 0.29) is 0 Å². The highest BCUT2D eigenvalue weighted by Crippen LogP contribution is 2.24. The maximum atomic E-state index is 3.42. The molecule has 0 saturated heterocycles. The van der Waals surface area contributed by atoms with E-state index in [9.17, 15) is 0 Å². The number of hydrogen-bond donors (Lipinski definition) is 0. The van der Waals surface area contributed by atoms with Gasteiger partial charge in [0.2, 0.25) is 0 Å². The molecule has 0 spiro atoms. The molecule has 156 valence electrons. The number of rotatable bonds is 0. The molecular formula is C34H20. The quantitative estimate of drug-likeness (QED) is 0.215. The first kappa shape index (κ1) is 19.9. The molecule has 6 aromatic carbocycles. The van der Waals surface area contributed by atoms with Crippen LogP contribution >= 0.6 is 0 Å². The van der Waals surface area contributed by atoms with Crippen molar-refractivity contribution in [3.63, 3.8) is 0 Å². The van der Waals surface area contributed by atoms with Crippen LogP contribution in [0.15, 0.2) is 121 Å². The molecule has 0 aromatic heterocycles. The van der Waals surface area contributed by atoms with Crippen molar-refractivity contribution < 1.29 is 0 Å². The second-order valence-electron chi connectivity index (χ2n) is 8.26. The van der Waals surface area contributed by atoms with Crippen molar-refractivity contribution in [3.05, 3.63) is 144 Å². The van der Waals surface area contributed by atoms with Crippen molar-refractivity contribution in [2.24, 2.45) is 0 Å². The van der Waals surface area contributed by atoms with Crippen LogP contribution in [0.25, 0.3) is 32.3 Å². The molecule has 0 saturated carbocycles. The third-order valence-corrected chi connectivity index (χ3v) is 6.17. The van der Waals surface area contributed by atoms with Gasteiger partial charge in [0.25, 0.3) is 0 Å². The van der Waals surface area contributed by atoms with E-state index >= 15 is 0 Å². The van der Waals surface area contributed by atoms with E-state index in [0.29, 0.717) is 0 Å². The minimum absolute atomic E-state index is 1.01. The van der Waals surface area contributed by atoms with Crippen LogP contribution in [0, 0.1) is 23.7 Å². The van der Waals surface area contributed by atoms with Gasteiger partial charge in [0.05, 0.1) is 0 Å². The molecule has 0 atom stereocenters. The highest BCUT2D eigenvalue weighted by Gasteiger charge is 2.04. The molecule has 0 radical (unpaired) electrons. The zero-order valence-electron chi connectivity index (χ0n) is 18.5. The molecule has 0 N–H and O–H groups in total. The summed E-state index contributed by atoms with van der Waals surface area (Å²) in [7, 11) is 0. The molecule has 0 aliphatic rings. The van der Waals surface area contributed by atoms with Gasteiger partial charge in [-0.3, -0.25) is 0 Å². The Morgan fingerprint density at radius 3 is 1.03 bits per heavy atom. The zero-order chi connectivity index (χ0) is 22.7. The van der Waals surface area contributed by atoms with Crippen LogP contribution in [0.4, 0.5) is 0 Å². The summed E-state index contributed by atoms with van der Waals surface area (Å²) in [5.41, 5.74) is 4.11. The predicted octanol–water partition coefficient (Wildman–Crippen LogP) is 7.95. The summed E-state index contributed by atoms with van der Waals surface area (Å²) in [5.74, 6) is 13.7. The Kier molecular flexibility index (Phi) is 5.04. The summed E-state index contributed by atoms with van der Waals surface area (Å²) >= 11 is 0. The molecule has 0 nitrogen and oxygen atoms in total. The van der Waals surface area contributed by atoms with Crippen molar-refractivity contribution in [1.82, 2.24) is 0 Å². The van der Waals surface area contributed by atoms with Crippen molar-refractivity contribution in [2.75, 3.05) is 0 Å². The van der Waals surface area contributed by atoms with E-state index in [1.54, 1.807) is 0 Å². The predicted molar refractivity (Wildman–Crippen MR) is 144 cm³/mol. The van der Waals surface area contributed by atoms with Crippen LogP contribution in [0.3, 0.4) is 0 Å². The Morgan fingerprint density at radius 2 is 0.588 bits per heavy atom. The lowest BCUT2D eigenvalue weighted by atomic mass is 9.98. The van der Waals surface area contributed by atoms with E-state index in [2.05, 4.69) is 145 Å². The fraction of sp³-hybridized carbons (Fsp3) is 0. The molecule has 6 rings (SSSR count). The average molecular weight is 429 g/mol. The standard InChI is InChI=1S/C34H20/c1-3-15-31-25(9-1)11-7-13-27(31)19-21-29-23-24-30(34-18-6-5-17-33(29)34)22-20-28-14-8-12-26-10-2-4-16-32(26)28/h1-18,23-24H. The number of hydrogen-bond acceptors (Lipinski definition) is 0. The molecule has 0 fully saturated rings. The monoisotopic (exact) mass is 428 g/mol. The lowest BCUT2D eigenvalue weighted by Crippen LogP contribution is -1.86. The normalized spacial score (nSPS) is 10.5. The molecule has 34 heavy (non-hydrogen) atoms. The topological polar surface area (TPSA) is 0 Å². The number of fused-ring (bicyclic) bond motifs is 3.